The van der Waals surface area contributed by atoms with Gasteiger partial charge in [0.05, 0.1) is 41.5 Å². The average Bonchev–Trinajstić information content (AvgIpc) is 3.88. The monoisotopic (exact) mass is 855 g/mol. The molecule has 3 aromatic heterocycles. The van der Waals surface area contributed by atoms with Crippen LogP contribution < -0.4 is 21.1 Å². The number of pyridine rings is 2. The largest absolute Gasteiger partial charge is 0.368 e. The zero-order valence-corrected chi connectivity index (χ0v) is 36.4. The number of carbonyl (C=O) groups is 5. The Bertz CT molecular complexity index is 2500. The third-order valence-electron chi connectivity index (χ3n) is 13.2. The van der Waals surface area contributed by atoms with Gasteiger partial charge in [-0.15, -0.1) is 0 Å². The number of carbonyl (C=O) groups excluding carboxylic acids is 5. The van der Waals surface area contributed by atoms with Crippen molar-refractivity contribution in [1.82, 2.24) is 40.0 Å². The molecule has 0 radical (unpaired) electrons. The molecule has 8 rings (SSSR count). The van der Waals surface area contributed by atoms with Gasteiger partial charge in [-0.05, 0) is 88.1 Å². The standard InChI is InChI=1S/C48H57N9O6/c1-30-17-20-39(45(60)52-30)57-46(61)37-16-11-13-33(43(37)48(57)63)12-7-5-4-6-10-21-49-41(59)29-54-22-24-55(25-23-54)36-19-18-34(50-27-36)26-40-51-28-38-31(2)42(32(3)58)47(62)56(44(38)53-40)35-14-8-9-15-35/h11,13,16,18-19,27-28,35,39H,1,4-10,12,14-15,17,20-26,29H2,2-3H3,(H,49,59)(H,52,60). The fourth-order valence-electron chi connectivity index (χ4n) is 9.73. The van der Waals surface area contributed by atoms with E-state index in [2.05, 4.69) is 38.1 Å². The van der Waals surface area contributed by atoms with Crippen molar-refractivity contribution in [2.75, 3.05) is 44.2 Å². The van der Waals surface area contributed by atoms with Crippen LogP contribution in [0.4, 0.5) is 5.69 Å². The second-order valence-corrected chi connectivity index (χ2v) is 17.5. The highest BCUT2D eigenvalue weighted by Gasteiger charge is 2.44. The van der Waals surface area contributed by atoms with Gasteiger partial charge >= 0.3 is 0 Å². The minimum Gasteiger partial charge on any atom is -0.368 e. The molecule has 2 N–H and O–H groups in total. The summed E-state index contributed by atoms with van der Waals surface area (Å²) in [6.07, 6.45) is 14.2. The number of rotatable bonds is 16. The van der Waals surface area contributed by atoms with Crippen molar-refractivity contribution in [3.63, 3.8) is 0 Å². The number of aryl methyl sites for hydroxylation is 2. The van der Waals surface area contributed by atoms with E-state index in [0.717, 1.165) is 111 Å². The average molecular weight is 856 g/mol. The Morgan fingerprint density at radius 2 is 1.65 bits per heavy atom. The van der Waals surface area contributed by atoms with Crippen LogP contribution in [0.15, 0.2) is 59.8 Å². The van der Waals surface area contributed by atoms with Gasteiger partial charge in [0.15, 0.2) is 5.78 Å². The molecule has 1 saturated carbocycles. The number of hydrogen-bond donors (Lipinski definition) is 2. The van der Waals surface area contributed by atoms with Crippen LogP contribution in [0.3, 0.4) is 0 Å². The van der Waals surface area contributed by atoms with Crippen LogP contribution in [0.25, 0.3) is 11.0 Å². The Morgan fingerprint density at radius 1 is 0.889 bits per heavy atom. The van der Waals surface area contributed by atoms with E-state index in [0.29, 0.717) is 72.6 Å². The number of hydrogen-bond acceptors (Lipinski definition) is 11. The molecule has 2 saturated heterocycles. The number of imide groups is 1. The van der Waals surface area contributed by atoms with Crippen LogP contribution in [0.1, 0.15) is 137 Å². The first kappa shape index (κ1) is 43.6. The Labute approximate surface area is 367 Å². The van der Waals surface area contributed by atoms with Gasteiger partial charge in [0.25, 0.3) is 17.4 Å². The molecule has 3 fully saturated rings. The van der Waals surface area contributed by atoms with Gasteiger partial charge < -0.3 is 15.5 Å². The van der Waals surface area contributed by atoms with E-state index < -0.39 is 11.9 Å². The molecule has 63 heavy (non-hydrogen) atoms. The zero-order chi connectivity index (χ0) is 44.2. The first-order valence-corrected chi connectivity index (χ1v) is 22.6. The van der Waals surface area contributed by atoms with Crippen LogP contribution in [-0.4, -0.2) is 104 Å². The molecule has 4 aromatic rings. The number of allylic oxidation sites excluding steroid dienone is 1. The molecule has 1 aliphatic carbocycles. The zero-order valence-electron chi connectivity index (χ0n) is 36.4. The van der Waals surface area contributed by atoms with Crippen molar-refractivity contribution in [3.05, 3.63) is 105 Å². The molecule has 1 aromatic carbocycles. The summed E-state index contributed by atoms with van der Waals surface area (Å²) >= 11 is 0. The highest BCUT2D eigenvalue weighted by Crippen LogP contribution is 2.33. The van der Waals surface area contributed by atoms with Crippen LogP contribution in [0.2, 0.25) is 0 Å². The lowest BCUT2D eigenvalue weighted by Crippen LogP contribution is -2.51. The number of fused-ring (bicyclic) bond motifs is 2. The van der Waals surface area contributed by atoms with E-state index in [1.807, 2.05) is 24.4 Å². The van der Waals surface area contributed by atoms with Gasteiger partial charge in [0.1, 0.15) is 17.5 Å². The minimum absolute atomic E-state index is 0.0259. The maximum Gasteiger partial charge on any atom is 0.263 e. The third kappa shape index (κ3) is 9.34. The van der Waals surface area contributed by atoms with Crippen molar-refractivity contribution in [2.24, 2.45) is 0 Å². The molecule has 15 nitrogen and oxygen atoms in total. The summed E-state index contributed by atoms with van der Waals surface area (Å²) in [6.45, 7) is 11.1. The van der Waals surface area contributed by atoms with E-state index in [9.17, 15) is 28.8 Å². The molecule has 330 valence electrons. The normalized spacial score (nSPS) is 18.3. The summed E-state index contributed by atoms with van der Waals surface area (Å²) in [6, 6.07) is 8.64. The molecular formula is C48H57N9O6. The number of Topliss-reactive ketones (excluding diaryl/α,β-unsaturated/α-hetero) is 1. The van der Waals surface area contributed by atoms with E-state index in [1.165, 1.54) is 6.92 Å². The quantitative estimate of drug-likeness (QED) is 0.0857. The number of anilines is 1. The maximum atomic E-state index is 13.6. The van der Waals surface area contributed by atoms with Crippen molar-refractivity contribution in [2.45, 2.75) is 109 Å². The Balaban J connectivity index is 0.737. The SMILES string of the molecule is C=C1CCC(N2C(=O)c3cccc(CCCCCCCNC(=O)CN4CCN(c5ccc(Cc6ncc7c(C)c(C(C)=O)c(=O)n(C8CCCC8)c7n6)nc5)CC4)c3C2=O)C(=O)N1. The molecule has 4 amide bonds. The molecule has 1 atom stereocenters. The number of piperazine rings is 1. The summed E-state index contributed by atoms with van der Waals surface area (Å²) in [7, 11) is 0. The number of nitrogens with zero attached hydrogens (tertiary/aromatic N) is 7. The predicted octanol–water partition coefficient (Wildman–Crippen LogP) is 5.22. The van der Waals surface area contributed by atoms with Gasteiger partial charge in [0, 0.05) is 61.7 Å². The number of aromatic nitrogens is 4. The fourth-order valence-corrected chi connectivity index (χ4v) is 9.73. The summed E-state index contributed by atoms with van der Waals surface area (Å²) in [5.41, 5.74) is 5.27. The molecule has 4 aliphatic rings. The van der Waals surface area contributed by atoms with Gasteiger partial charge in [-0.2, -0.15) is 0 Å². The van der Waals surface area contributed by atoms with Crippen LogP contribution in [0, 0.1) is 6.92 Å². The van der Waals surface area contributed by atoms with Crippen molar-refractivity contribution < 1.29 is 24.0 Å². The van der Waals surface area contributed by atoms with E-state index >= 15 is 0 Å². The predicted molar refractivity (Wildman–Crippen MR) is 239 cm³/mol. The Kier molecular flexibility index (Phi) is 13.2. The van der Waals surface area contributed by atoms with Gasteiger partial charge in [-0.3, -0.25) is 48.1 Å². The summed E-state index contributed by atoms with van der Waals surface area (Å²) < 4.78 is 1.74. The lowest BCUT2D eigenvalue weighted by atomic mass is 9.97. The third-order valence-corrected chi connectivity index (χ3v) is 13.2. The molecule has 0 bridgehead atoms. The Morgan fingerprint density at radius 3 is 2.38 bits per heavy atom. The first-order chi connectivity index (χ1) is 30.5. The highest BCUT2D eigenvalue weighted by molar-refractivity contribution is 6.23. The number of ketones is 1. The molecule has 1 unspecified atom stereocenters. The maximum absolute atomic E-state index is 13.6. The van der Waals surface area contributed by atoms with Gasteiger partial charge in [-0.1, -0.05) is 50.8 Å². The Hall–Kier alpha value is -6.09. The smallest absolute Gasteiger partial charge is 0.263 e. The first-order valence-electron chi connectivity index (χ1n) is 22.6. The van der Waals surface area contributed by atoms with Crippen LogP contribution in [0.5, 0.6) is 0 Å². The van der Waals surface area contributed by atoms with Crippen molar-refractivity contribution in [3.8, 4) is 0 Å². The number of benzene rings is 1. The number of nitrogens with one attached hydrogen (secondary N) is 2. The summed E-state index contributed by atoms with van der Waals surface area (Å²) in [5.74, 6) is -0.787. The lowest BCUT2D eigenvalue weighted by Gasteiger charge is -2.35. The van der Waals surface area contributed by atoms with Gasteiger partial charge in [0.2, 0.25) is 11.8 Å². The minimum atomic E-state index is -0.816. The number of unbranched alkanes of at least 4 members (excludes halogenated alkanes) is 4. The topological polar surface area (TPSA) is 180 Å². The highest BCUT2D eigenvalue weighted by atomic mass is 16.2. The summed E-state index contributed by atoms with van der Waals surface area (Å²) in [4.78, 5) is 97.8. The second kappa shape index (κ2) is 19.1. The summed E-state index contributed by atoms with van der Waals surface area (Å²) in [5, 5.41) is 6.49. The van der Waals surface area contributed by atoms with Crippen molar-refractivity contribution in [1.29, 1.82) is 0 Å². The lowest BCUT2D eigenvalue weighted by molar-refractivity contribution is -0.125. The van der Waals surface area contributed by atoms with E-state index in [4.69, 9.17) is 9.97 Å². The molecule has 6 heterocycles. The second-order valence-electron chi connectivity index (χ2n) is 17.5. The van der Waals surface area contributed by atoms with Crippen molar-refractivity contribution >= 4 is 46.1 Å². The molecule has 0 spiro atoms. The molecule has 3 aliphatic heterocycles. The van der Waals surface area contributed by atoms with E-state index in [-0.39, 0.29) is 40.7 Å². The molecule has 15 heteroatoms. The van der Waals surface area contributed by atoms with Crippen LogP contribution >= 0.6 is 0 Å². The van der Waals surface area contributed by atoms with E-state index in [1.54, 1.807) is 23.8 Å². The number of amides is 4. The van der Waals surface area contributed by atoms with Crippen LogP contribution in [-0.2, 0) is 22.4 Å². The van der Waals surface area contributed by atoms with Gasteiger partial charge in [-0.25, -0.2) is 9.97 Å². The fraction of sp³-hybridized carbons (Fsp3) is 0.479. The number of piperidine rings is 1. The molecular weight excluding hydrogens is 799 g/mol.